The van der Waals surface area contributed by atoms with Crippen molar-refractivity contribution >= 4 is 29.9 Å². The number of nitrogens with one attached hydrogen (secondary N) is 1. The van der Waals surface area contributed by atoms with Crippen molar-refractivity contribution in [1.82, 2.24) is 10.2 Å². The van der Waals surface area contributed by atoms with Gasteiger partial charge in [-0.25, -0.2) is 8.78 Å². The maximum Gasteiger partial charge on any atom is 0.193 e. The minimum Gasteiger partial charge on any atom is -0.356 e. The van der Waals surface area contributed by atoms with Crippen molar-refractivity contribution in [3.8, 4) is 0 Å². The molecule has 3 nitrogen and oxygen atoms in total. The summed E-state index contributed by atoms with van der Waals surface area (Å²) in [6.07, 6.45) is 5.95. The van der Waals surface area contributed by atoms with E-state index < -0.39 is 11.6 Å². The molecule has 0 spiro atoms. The van der Waals surface area contributed by atoms with E-state index in [0.717, 1.165) is 37.0 Å². The van der Waals surface area contributed by atoms with Crippen LogP contribution >= 0.6 is 24.0 Å². The lowest BCUT2D eigenvalue weighted by Crippen LogP contribution is -2.41. The summed E-state index contributed by atoms with van der Waals surface area (Å²) < 4.78 is 26.4. The molecule has 0 amide bonds. The Morgan fingerprint density at radius 2 is 1.71 bits per heavy atom. The zero-order chi connectivity index (χ0) is 16.2. The molecule has 0 bridgehead atoms. The van der Waals surface area contributed by atoms with Gasteiger partial charge in [0.05, 0.1) is 0 Å². The van der Waals surface area contributed by atoms with E-state index >= 15 is 0 Å². The number of aliphatic imine (C=N–C) groups is 1. The van der Waals surface area contributed by atoms with E-state index in [1.54, 1.807) is 7.05 Å². The van der Waals surface area contributed by atoms with Gasteiger partial charge in [0, 0.05) is 32.7 Å². The minimum atomic E-state index is -0.520. The summed E-state index contributed by atoms with van der Waals surface area (Å²) in [5, 5.41) is 3.34. The largest absolute Gasteiger partial charge is 0.356 e. The second kappa shape index (κ2) is 8.97. The molecule has 2 fully saturated rings. The Labute approximate surface area is 159 Å². The highest BCUT2D eigenvalue weighted by Gasteiger charge is 2.35. The third kappa shape index (κ3) is 4.80. The topological polar surface area (TPSA) is 27.6 Å². The van der Waals surface area contributed by atoms with E-state index in [4.69, 9.17) is 0 Å². The molecule has 2 unspecified atom stereocenters. The fourth-order valence-corrected chi connectivity index (χ4v) is 3.99. The van der Waals surface area contributed by atoms with Crippen LogP contribution in [0.15, 0.2) is 23.2 Å². The molecule has 0 aromatic heterocycles. The Bertz CT molecular complexity index is 545. The Morgan fingerprint density at radius 1 is 1.12 bits per heavy atom. The fraction of sp³-hybridized carbons (Fsp3) is 0.611. The molecule has 2 atom stereocenters. The molecule has 1 N–H and O–H groups in total. The first-order chi connectivity index (χ1) is 11.2. The molecular weight excluding hydrogens is 423 g/mol. The van der Waals surface area contributed by atoms with Gasteiger partial charge in [-0.15, -0.1) is 24.0 Å². The summed E-state index contributed by atoms with van der Waals surface area (Å²) in [6.45, 7) is 2.79. The van der Waals surface area contributed by atoms with Gasteiger partial charge in [0.2, 0.25) is 0 Å². The zero-order valence-electron chi connectivity index (χ0n) is 14.1. The van der Waals surface area contributed by atoms with Crippen molar-refractivity contribution in [3.63, 3.8) is 0 Å². The molecule has 1 aromatic rings. The molecule has 1 saturated heterocycles. The van der Waals surface area contributed by atoms with Gasteiger partial charge in [-0.05, 0) is 48.8 Å². The second-order valence-corrected chi connectivity index (χ2v) is 6.71. The fourth-order valence-electron chi connectivity index (χ4n) is 3.99. The van der Waals surface area contributed by atoms with Crippen LogP contribution in [0.2, 0.25) is 0 Å². The van der Waals surface area contributed by atoms with Crippen LogP contribution in [0.4, 0.5) is 8.78 Å². The van der Waals surface area contributed by atoms with Crippen molar-refractivity contribution in [1.29, 1.82) is 0 Å². The van der Waals surface area contributed by atoms with Gasteiger partial charge in [0.25, 0.3) is 0 Å². The molecule has 1 saturated carbocycles. The van der Waals surface area contributed by atoms with Crippen molar-refractivity contribution in [2.24, 2.45) is 16.8 Å². The zero-order valence-corrected chi connectivity index (χ0v) is 16.4. The number of likely N-dealkylation sites (tertiary alicyclic amines) is 1. The van der Waals surface area contributed by atoms with Crippen molar-refractivity contribution in [2.45, 2.75) is 32.1 Å². The third-order valence-electron chi connectivity index (χ3n) is 5.11. The smallest absolute Gasteiger partial charge is 0.193 e. The highest BCUT2D eigenvalue weighted by Crippen LogP contribution is 2.35. The van der Waals surface area contributed by atoms with E-state index in [1.807, 2.05) is 0 Å². The molecule has 6 heteroatoms. The Kier molecular flexibility index (Phi) is 7.25. The number of benzene rings is 1. The highest BCUT2D eigenvalue weighted by atomic mass is 127. The van der Waals surface area contributed by atoms with E-state index in [-0.39, 0.29) is 24.0 Å². The average Bonchev–Trinajstić information content (AvgIpc) is 2.94. The molecule has 1 aliphatic heterocycles. The van der Waals surface area contributed by atoms with Crippen molar-refractivity contribution in [3.05, 3.63) is 35.4 Å². The minimum absolute atomic E-state index is 0. The van der Waals surface area contributed by atoms with Gasteiger partial charge >= 0.3 is 0 Å². The second-order valence-electron chi connectivity index (χ2n) is 6.71. The summed E-state index contributed by atoms with van der Waals surface area (Å²) in [4.78, 5) is 6.72. The van der Waals surface area contributed by atoms with Crippen LogP contribution in [-0.4, -0.2) is 37.5 Å². The number of nitrogens with zero attached hydrogens (tertiary/aromatic N) is 2. The lowest BCUT2D eigenvalue weighted by atomic mass is 9.82. The monoisotopic (exact) mass is 449 g/mol. The maximum atomic E-state index is 13.2. The average molecular weight is 449 g/mol. The van der Waals surface area contributed by atoms with Crippen LogP contribution in [0, 0.1) is 23.5 Å². The molecular formula is C18H26F2IN3. The molecule has 3 rings (SSSR count). The number of hydrogen-bond acceptors (Lipinski definition) is 1. The first-order valence-electron chi connectivity index (χ1n) is 8.56. The van der Waals surface area contributed by atoms with E-state index in [9.17, 15) is 8.78 Å². The molecule has 24 heavy (non-hydrogen) atoms. The number of hydrogen-bond donors (Lipinski definition) is 1. The van der Waals surface area contributed by atoms with Crippen LogP contribution in [0.1, 0.15) is 31.2 Å². The lowest BCUT2D eigenvalue weighted by Gasteiger charge is -2.22. The Hall–Kier alpha value is -0.920. The van der Waals surface area contributed by atoms with E-state index in [2.05, 4.69) is 15.2 Å². The maximum absolute atomic E-state index is 13.2. The molecule has 2 aliphatic rings. The van der Waals surface area contributed by atoms with Gasteiger partial charge in [0.1, 0.15) is 11.6 Å². The number of rotatable bonds is 3. The molecule has 1 aromatic carbocycles. The predicted octanol–water partition coefficient (Wildman–Crippen LogP) is 3.82. The first-order valence-corrected chi connectivity index (χ1v) is 8.56. The van der Waals surface area contributed by atoms with E-state index in [0.29, 0.717) is 18.5 Å². The van der Waals surface area contributed by atoms with Crippen molar-refractivity contribution in [2.75, 3.05) is 26.7 Å². The first kappa shape index (κ1) is 19.4. The highest BCUT2D eigenvalue weighted by molar-refractivity contribution is 14.0. The number of fused-ring (bicyclic) bond motifs is 1. The van der Waals surface area contributed by atoms with Gasteiger partial charge in [-0.3, -0.25) is 4.99 Å². The van der Waals surface area contributed by atoms with Crippen LogP contribution in [0.5, 0.6) is 0 Å². The standard InChI is InChI=1S/C18H25F2N3.HI/c1-21-18(23-11-14-4-2-3-5-15(14)12-23)22-7-6-13-8-16(19)10-17(20)9-13;/h8-10,14-15H,2-7,11-12H2,1H3,(H,21,22);1H. The number of guanidine groups is 1. The summed E-state index contributed by atoms with van der Waals surface area (Å²) in [5.74, 6) is 1.48. The quantitative estimate of drug-likeness (QED) is 0.432. The Morgan fingerprint density at radius 3 is 2.25 bits per heavy atom. The molecule has 1 aliphatic carbocycles. The van der Waals surface area contributed by atoms with Gasteiger partial charge in [-0.2, -0.15) is 0 Å². The van der Waals surface area contributed by atoms with Crippen LogP contribution in [0.3, 0.4) is 0 Å². The normalized spacial score (nSPS) is 23.6. The molecule has 1 heterocycles. The van der Waals surface area contributed by atoms with Crippen LogP contribution < -0.4 is 5.32 Å². The van der Waals surface area contributed by atoms with E-state index in [1.165, 1.54) is 37.8 Å². The van der Waals surface area contributed by atoms with Gasteiger partial charge in [0.15, 0.2) is 5.96 Å². The third-order valence-corrected chi connectivity index (χ3v) is 5.11. The Balaban J connectivity index is 0.00000208. The predicted molar refractivity (Wildman–Crippen MR) is 104 cm³/mol. The van der Waals surface area contributed by atoms with Gasteiger partial charge in [-0.1, -0.05) is 12.8 Å². The van der Waals surface area contributed by atoms with Crippen LogP contribution in [-0.2, 0) is 6.42 Å². The SMILES string of the molecule is CN=C(NCCc1cc(F)cc(F)c1)N1CC2CCCCC2C1.I. The summed E-state index contributed by atoms with van der Waals surface area (Å²) in [7, 11) is 1.80. The van der Waals surface area contributed by atoms with Gasteiger partial charge < -0.3 is 10.2 Å². The summed E-state index contributed by atoms with van der Waals surface area (Å²) in [6, 6.07) is 3.68. The summed E-state index contributed by atoms with van der Waals surface area (Å²) in [5.41, 5.74) is 0.667. The molecule has 0 radical (unpaired) electrons. The van der Waals surface area contributed by atoms with Crippen LogP contribution in [0.25, 0.3) is 0 Å². The summed E-state index contributed by atoms with van der Waals surface area (Å²) >= 11 is 0. The lowest BCUT2D eigenvalue weighted by molar-refractivity contribution is 0.299. The number of halogens is 3. The molecule has 134 valence electrons. The van der Waals surface area contributed by atoms with Crippen molar-refractivity contribution < 1.29 is 8.78 Å².